The van der Waals surface area contributed by atoms with E-state index in [9.17, 15) is 0 Å². The van der Waals surface area contributed by atoms with E-state index < -0.39 is 0 Å². The molecule has 1 aromatic carbocycles. The Labute approximate surface area is 161 Å². The Bertz CT molecular complexity index is 1270. The maximum absolute atomic E-state index is 5.86. The van der Waals surface area contributed by atoms with E-state index >= 15 is 0 Å². The molecule has 0 saturated carbocycles. The molecule has 0 aliphatic rings. The van der Waals surface area contributed by atoms with E-state index in [1.54, 1.807) is 21.7 Å². The zero-order valence-electron chi connectivity index (χ0n) is 14.2. The lowest BCUT2D eigenvalue weighted by Crippen LogP contribution is -1.94. The van der Waals surface area contributed by atoms with Crippen LogP contribution in [0.4, 0.5) is 0 Å². The van der Waals surface area contributed by atoms with E-state index in [-0.39, 0.29) is 0 Å². The minimum absolute atomic E-state index is 0.310. The van der Waals surface area contributed by atoms with Gasteiger partial charge in [-0.3, -0.25) is 4.68 Å². The van der Waals surface area contributed by atoms with Crippen molar-refractivity contribution in [2.75, 3.05) is 0 Å². The van der Waals surface area contributed by atoms with Gasteiger partial charge in [0, 0.05) is 7.05 Å². The van der Waals surface area contributed by atoms with Crippen LogP contribution >= 0.6 is 15.9 Å². The monoisotopic (exact) mass is 424 g/mol. The van der Waals surface area contributed by atoms with E-state index in [2.05, 4.69) is 36.1 Å². The number of aromatic nitrogens is 6. The summed E-state index contributed by atoms with van der Waals surface area (Å²) in [6.45, 7) is 0.310. The molecule has 0 unspecified atom stereocenters. The zero-order chi connectivity index (χ0) is 18.4. The van der Waals surface area contributed by atoms with Crippen LogP contribution in [0.25, 0.3) is 28.3 Å². The molecule has 0 radical (unpaired) electrons. The van der Waals surface area contributed by atoms with E-state index in [1.807, 2.05) is 43.4 Å². The number of para-hydroxylation sites is 1. The summed E-state index contributed by atoms with van der Waals surface area (Å²) in [4.78, 5) is 8.94. The highest BCUT2D eigenvalue weighted by atomic mass is 79.9. The van der Waals surface area contributed by atoms with E-state index in [0.717, 1.165) is 21.3 Å². The van der Waals surface area contributed by atoms with Crippen LogP contribution in [0.15, 0.2) is 57.8 Å². The zero-order valence-corrected chi connectivity index (χ0v) is 15.8. The van der Waals surface area contributed by atoms with Gasteiger partial charge in [-0.2, -0.15) is 5.10 Å². The van der Waals surface area contributed by atoms with Gasteiger partial charge in [0.1, 0.15) is 24.4 Å². The molecule has 0 saturated heterocycles. The average molecular weight is 425 g/mol. The van der Waals surface area contributed by atoms with Crippen LogP contribution in [0.3, 0.4) is 0 Å². The van der Waals surface area contributed by atoms with Crippen molar-refractivity contribution in [3.63, 3.8) is 0 Å². The van der Waals surface area contributed by atoms with Gasteiger partial charge < -0.3 is 9.15 Å². The maximum Gasteiger partial charge on any atom is 0.217 e. The number of fused-ring (bicyclic) bond motifs is 3. The molecule has 0 aliphatic heterocycles. The molecule has 0 spiro atoms. The highest BCUT2D eigenvalue weighted by molar-refractivity contribution is 9.10. The predicted molar refractivity (Wildman–Crippen MR) is 101 cm³/mol. The smallest absolute Gasteiger partial charge is 0.217 e. The molecular formula is C18H13BrN6O2. The lowest BCUT2D eigenvalue weighted by Gasteiger charge is -2.05. The molecule has 4 aromatic heterocycles. The lowest BCUT2D eigenvalue weighted by molar-refractivity contribution is 0.270. The van der Waals surface area contributed by atoms with Gasteiger partial charge in [0.2, 0.25) is 5.82 Å². The minimum atomic E-state index is 0.310. The van der Waals surface area contributed by atoms with Gasteiger partial charge in [-0.15, -0.1) is 5.10 Å². The summed E-state index contributed by atoms with van der Waals surface area (Å²) in [5.74, 6) is 2.50. The van der Waals surface area contributed by atoms with Crippen LogP contribution in [0.1, 0.15) is 5.76 Å². The lowest BCUT2D eigenvalue weighted by atomic mass is 10.3. The molecule has 0 amide bonds. The normalized spacial score (nSPS) is 11.5. The van der Waals surface area contributed by atoms with Gasteiger partial charge in [-0.25, -0.2) is 14.5 Å². The second kappa shape index (κ2) is 6.20. The number of hydrogen-bond donors (Lipinski definition) is 0. The van der Waals surface area contributed by atoms with Crippen molar-refractivity contribution in [2.45, 2.75) is 6.61 Å². The fourth-order valence-electron chi connectivity index (χ4n) is 2.83. The Kier molecular flexibility index (Phi) is 3.68. The summed E-state index contributed by atoms with van der Waals surface area (Å²) in [5, 5.41) is 9.51. The number of rotatable bonds is 4. The van der Waals surface area contributed by atoms with Crippen LogP contribution in [0.2, 0.25) is 0 Å². The second-order valence-corrected chi connectivity index (χ2v) is 6.79. The van der Waals surface area contributed by atoms with E-state index in [4.69, 9.17) is 9.15 Å². The maximum atomic E-state index is 5.86. The number of furan rings is 1. The van der Waals surface area contributed by atoms with Crippen LogP contribution < -0.4 is 4.74 Å². The molecule has 134 valence electrons. The van der Waals surface area contributed by atoms with Crippen molar-refractivity contribution in [3.05, 3.63) is 59.2 Å². The molecule has 27 heavy (non-hydrogen) atoms. The second-order valence-electron chi connectivity index (χ2n) is 5.94. The van der Waals surface area contributed by atoms with Gasteiger partial charge in [0.05, 0.1) is 16.1 Å². The molecule has 0 atom stereocenters. The Balaban J connectivity index is 1.44. The summed E-state index contributed by atoms with van der Waals surface area (Å²) >= 11 is 3.46. The van der Waals surface area contributed by atoms with Gasteiger partial charge in [0.15, 0.2) is 17.1 Å². The highest BCUT2D eigenvalue weighted by Gasteiger charge is 2.15. The minimum Gasteiger partial charge on any atom is -0.484 e. The Morgan fingerprint density at radius 3 is 2.93 bits per heavy atom. The highest BCUT2D eigenvalue weighted by Crippen LogP contribution is 2.26. The standard InChI is InChI=1S/C18H13BrN6O2/c1-24-17-12(8-21-24)18-22-16(23-25(18)10-20-17)15-7-6-11(27-15)9-26-14-5-3-2-4-13(14)19/h2-8,10H,9H2,1H3. The number of nitrogens with zero attached hydrogens (tertiary/aromatic N) is 6. The Hall–Kier alpha value is -3.20. The molecular weight excluding hydrogens is 412 g/mol. The van der Waals surface area contributed by atoms with E-state index in [0.29, 0.717) is 29.6 Å². The van der Waals surface area contributed by atoms with Crippen LogP contribution in [-0.4, -0.2) is 29.4 Å². The van der Waals surface area contributed by atoms with Crippen molar-refractivity contribution in [3.8, 4) is 17.3 Å². The first-order chi connectivity index (χ1) is 13.2. The van der Waals surface area contributed by atoms with Crippen molar-refractivity contribution in [1.82, 2.24) is 29.4 Å². The molecule has 8 nitrogen and oxygen atoms in total. The molecule has 0 aliphatic carbocycles. The number of hydrogen-bond acceptors (Lipinski definition) is 6. The van der Waals surface area contributed by atoms with E-state index in [1.165, 1.54) is 0 Å². The summed E-state index contributed by atoms with van der Waals surface area (Å²) in [6.07, 6.45) is 3.35. The molecule has 5 aromatic rings. The first-order valence-corrected chi connectivity index (χ1v) is 8.98. The number of halogens is 1. The molecule has 9 heteroatoms. The third-order valence-electron chi connectivity index (χ3n) is 4.16. The Morgan fingerprint density at radius 2 is 2.04 bits per heavy atom. The first kappa shape index (κ1) is 16.0. The van der Waals surface area contributed by atoms with Gasteiger partial charge in [-0.1, -0.05) is 12.1 Å². The summed E-state index contributed by atoms with van der Waals surface area (Å²) in [6, 6.07) is 11.4. The van der Waals surface area contributed by atoms with Gasteiger partial charge in [-0.05, 0) is 40.2 Å². The fraction of sp³-hybridized carbons (Fsp3) is 0.111. The van der Waals surface area contributed by atoms with Crippen LogP contribution in [0.5, 0.6) is 5.75 Å². The quantitative estimate of drug-likeness (QED) is 0.438. The molecule has 0 N–H and O–H groups in total. The van der Waals surface area contributed by atoms with Crippen molar-refractivity contribution in [2.24, 2.45) is 7.05 Å². The molecule has 5 rings (SSSR count). The van der Waals surface area contributed by atoms with Crippen molar-refractivity contribution < 1.29 is 9.15 Å². The topological polar surface area (TPSA) is 83.3 Å². The summed E-state index contributed by atoms with van der Waals surface area (Å²) in [7, 11) is 1.84. The van der Waals surface area contributed by atoms with Crippen LogP contribution in [-0.2, 0) is 13.7 Å². The summed E-state index contributed by atoms with van der Waals surface area (Å²) < 4.78 is 15.9. The van der Waals surface area contributed by atoms with Gasteiger partial charge in [0.25, 0.3) is 0 Å². The number of benzene rings is 1. The largest absolute Gasteiger partial charge is 0.484 e. The molecule has 0 bridgehead atoms. The number of aryl methyl sites for hydroxylation is 1. The number of ether oxygens (including phenoxy) is 1. The van der Waals surface area contributed by atoms with Crippen molar-refractivity contribution in [1.29, 1.82) is 0 Å². The SMILES string of the molecule is Cn1ncc2c1ncn1nc(-c3ccc(COc4ccccc4Br)o3)nc21. The van der Waals surface area contributed by atoms with Crippen LogP contribution in [0, 0.1) is 0 Å². The fourth-order valence-corrected chi connectivity index (χ4v) is 3.23. The molecule has 4 heterocycles. The average Bonchev–Trinajstić information content (AvgIpc) is 3.38. The third-order valence-corrected chi connectivity index (χ3v) is 4.81. The molecule has 0 fully saturated rings. The first-order valence-electron chi connectivity index (χ1n) is 8.18. The van der Waals surface area contributed by atoms with Crippen molar-refractivity contribution >= 4 is 32.6 Å². The summed E-state index contributed by atoms with van der Waals surface area (Å²) in [5.41, 5.74) is 1.44. The predicted octanol–water partition coefficient (Wildman–Crippen LogP) is 3.61. The van der Waals surface area contributed by atoms with Gasteiger partial charge >= 0.3 is 0 Å². The third kappa shape index (κ3) is 2.76. The Morgan fingerprint density at radius 1 is 1.15 bits per heavy atom.